The first-order valence-electron chi connectivity index (χ1n) is 7.31. The number of rotatable bonds is 3. The summed E-state index contributed by atoms with van der Waals surface area (Å²) in [6.45, 7) is 8.41. The van der Waals surface area contributed by atoms with E-state index in [-0.39, 0.29) is 23.9 Å². The van der Waals surface area contributed by atoms with Crippen molar-refractivity contribution in [2.45, 2.75) is 58.0 Å². The van der Waals surface area contributed by atoms with Crippen molar-refractivity contribution in [3.63, 3.8) is 0 Å². The van der Waals surface area contributed by atoms with E-state index in [1.165, 1.54) is 16.2 Å². The van der Waals surface area contributed by atoms with Crippen molar-refractivity contribution in [2.24, 2.45) is 5.92 Å². The number of hydrogen-bond donors (Lipinski definition) is 1. The summed E-state index contributed by atoms with van der Waals surface area (Å²) in [5.41, 5.74) is 0.273. The highest BCUT2D eigenvalue weighted by Crippen LogP contribution is 2.43. The molecule has 6 heteroatoms. The summed E-state index contributed by atoms with van der Waals surface area (Å²) in [5, 5.41) is 5.68. The Morgan fingerprint density at radius 3 is 2.62 bits per heavy atom. The number of thiazole rings is 1. The monoisotopic (exact) mass is 307 g/mol. The topological polar surface area (TPSA) is 62.3 Å². The van der Waals surface area contributed by atoms with Crippen LogP contribution < -0.4 is 5.32 Å². The number of carbonyl (C=O) groups excluding carboxylic acids is 2. The van der Waals surface area contributed by atoms with Gasteiger partial charge >= 0.3 is 6.03 Å². The molecule has 5 nitrogen and oxygen atoms in total. The zero-order valence-electron chi connectivity index (χ0n) is 12.9. The predicted molar refractivity (Wildman–Crippen MR) is 81.0 cm³/mol. The molecular formula is C15H21N3O2S. The molecule has 1 unspecified atom stereocenters. The minimum absolute atomic E-state index is 0.0193. The minimum Gasteiger partial charge on any atom is -0.323 e. The molecule has 2 heterocycles. The first-order chi connectivity index (χ1) is 9.72. The van der Waals surface area contributed by atoms with Crippen LogP contribution in [0.1, 0.15) is 51.2 Å². The third-order valence-electron chi connectivity index (χ3n) is 4.31. The maximum atomic E-state index is 12.5. The molecule has 1 aromatic heterocycles. The van der Waals surface area contributed by atoms with E-state index >= 15 is 0 Å². The molecule has 0 bridgehead atoms. The Morgan fingerprint density at radius 2 is 2.10 bits per heavy atom. The fraction of sp³-hybridized carbons (Fsp3) is 0.667. The molecule has 0 aromatic carbocycles. The summed E-state index contributed by atoms with van der Waals surface area (Å²) in [5.74, 6) is 0.183. The second kappa shape index (κ2) is 4.53. The average Bonchev–Trinajstić information content (AvgIpc) is 3.08. The van der Waals surface area contributed by atoms with Gasteiger partial charge in [-0.15, -0.1) is 11.3 Å². The predicted octanol–water partition coefficient (Wildman–Crippen LogP) is 2.66. The Kier molecular flexibility index (Phi) is 3.13. The Morgan fingerprint density at radius 1 is 1.43 bits per heavy atom. The largest absolute Gasteiger partial charge is 0.325 e. The van der Waals surface area contributed by atoms with E-state index in [2.05, 4.69) is 31.1 Å². The number of nitrogens with one attached hydrogen (secondary N) is 1. The lowest BCUT2D eigenvalue weighted by atomic mass is 9.93. The zero-order valence-corrected chi connectivity index (χ0v) is 13.7. The summed E-state index contributed by atoms with van der Waals surface area (Å²) in [6, 6.07) is -0.290. The first kappa shape index (κ1) is 14.5. The van der Waals surface area contributed by atoms with Crippen LogP contribution in [0.25, 0.3) is 0 Å². The van der Waals surface area contributed by atoms with Crippen LogP contribution in [0.2, 0.25) is 0 Å². The maximum absolute atomic E-state index is 12.5. The normalized spacial score (nSPS) is 26.4. The summed E-state index contributed by atoms with van der Waals surface area (Å²) in [6.07, 6.45) is 2.03. The van der Waals surface area contributed by atoms with Gasteiger partial charge in [-0.05, 0) is 25.7 Å². The third-order valence-corrected chi connectivity index (χ3v) is 5.14. The molecule has 21 heavy (non-hydrogen) atoms. The van der Waals surface area contributed by atoms with E-state index in [9.17, 15) is 9.59 Å². The second-order valence-electron chi connectivity index (χ2n) is 7.17. The molecule has 1 saturated heterocycles. The van der Waals surface area contributed by atoms with Gasteiger partial charge in [0.25, 0.3) is 5.91 Å². The quantitative estimate of drug-likeness (QED) is 0.873. The van der Waals surface area contributed by atoms with Crippen molar-refractivity contribution < 1.29 is 9.59 Å². The Balaban J connectivity index is 1.77. The van der Waals surface area contributed by atoms with Crippen molar-refractivity contribution in [1.29, 1.82) is 0 Å². The van der Waals surface area contributed by atoms with Crippen molar-refractivity contribution >= 4 is 23.3 Å². The van der Waals surface area contributed by atoms with E-state index < -0.39 is 5.54 Å². The molecule has 1 N–H and O–H groups in total. The van der Waals surface area contributed by atoms with Gasteiger partial charge in [0.2, 0.25) is 0 Å². The lowest BCUT2D eigenvalue weighted by Gasteiger charge is -2.20. The van der Waals surface area contributed by atoms with Gasteiger partial charge in [0.15, 0.2) is 0 Å². The molecule has 3 amide bonds. The molecule has 2 fully saturated rings. The Bertz CT molecular complexity index is 600. The Hall–Kier alpha value is -1.43. The van der Waals surface area contributed by atoms with Crippen LogP contribution in [-0.2, 0) is 16.8 Å². The molecule has 0 radical (unpaired) electrons. The highest BCUT2D eigenvalue weighted by Gasteiger charge is 2.56. The van der Waals surface area contributed by atoms with Gasteiger partial charge in [0.05, 0.1) is 12.2 Å². The van der Waals surface area contributed by atoms with E-state index in [0.29, 0.717) is 5.92 Å². The van der Waals surface area contributed by atoms with E-state index in [4.69, 9.17) is 0 Å². The van der Waals surface area contributed by atoms with Gasteiger partial charge in [-0.2, -0.15) is 0 Å². The summed E-state index contributed by atoms with van der Waals surface area (Å²) in [4.78, 5) is 30.5. The molecule has 3 rings (SSSR count). The first-order valence-corrected chi connectivity index (χ1v) is 8.19. The number of hydrogen-bond acceptors (Lipinski definition) is 4. The summed E-state index contributed by atoms with van der Waals surface area (Å²) >= 11 is 1.51. The van der Waals surface area contributed by atoms with Crippen LogP contribution in [0.15, 0.2) is 5.38 Å². The van der Waals surface area contributed by atoms with Gasteiger partial charge in [-0.25, -0.2) is 9.78 Å². The van der Waals surface area contributed by atoms with Crippen LogP contribution >= 0.6 is 11.3 Å². The van der Waals surface area contributed by atoms with E-state index in [0.717, 1.165) is 23.5 Å². The molecule has 1 aromatic rings. The van der Waals surface area contributed by atoms with Crippen molar-refractivity contribution in [3.8, 4) is 0 Å². The van der Waals surface area contributed by atoms with E-state index in [1.807, 2.05) is 12.3 Å². The van der Waals surface area contributed by atoms with Crippen molar-refractivity contribution in [3.05, 3.63) is 16.1 Å². The van der Waals surface area contributed by atoms with Crippen LogP contribution in [0.3, 0.4) is 0 Å². The second-order valence-corrected chi connectivity index (χ2v) is 8.12. The lowest BCUT2D eigenvalue weighted by molar-refractivity contribution is -0.131. The van der Waals surface area contributed by atoms with Gasteiger partial charge in [0.1, 0.15) is 10.5 Å². The molecule has 0 spiro atoms. The molecule has 1 aliphatic carbocycles. The number of aromatic nitrogens is 1. The van der Waals surface area contributed by atoms with Gasteiger partial charge in [-0.1, -0.05) is 20.8 Å². The molecule has 1 aliphatic heterocycles. The van der Waals surface area contributed by atoms with Gasteiger partial charge in [-0.3, -0.25) is 9.69 Å². The summed E-state index contributed by atoms with van der Waals surface area (Å²) < 4.78 is 0. The zero-order chi connectivity index (χ0) is 15.4. The Labute approximate surface area is 128 Å². The fourth-order valence-electron chi connectivity index (χ4n) is 2.66. The van der Waals surface area contributed by atoms with Crippen LogP contribution in [0, 0.1) is 5.92 Å². The maximum Gasteiger partial charge on any atom is 0.325 e. The lowest BCUT2D eigenvalue weighted by Crippen LogP contribution is -2.46. The van der Waals surface area contributed by atoms with Crippen LogP contribution in [0.5, 0.6) is 0 Å². The van der Waals surface area contributed by atoms with Gasteiger partial charge < -0.3 is 5.32 Å². The fourth-order valence-corrected chi connectivity index (χ4v) is 3.67. The molecule has 1 atom stereocenters. The highest BCUT2D eigenvalue weighted by atomic mass is 32.1. The molecule has 1 saturated carbocycles. The standard InChI is InChI=1S/C15H21N3O2S/c1-14(2,3)10-8-21-11(16-10)7-18-12(19)15(4,9-5-6-9)17-13(18)20/h8-9H,5-7H2,1-4H3,(H,17,20). The molecule has 2 aliphatic rings. The van der Waals surface area contributed by atoms with Crippen LogP contribution in [0.4, 0.5) is 4.79 Å². The van der Waals surface area contributed by atoms with Crippen molar-refractivity contribution in [1.82, 2.24) is 15.2 Å². The number of imide groups is 1. The molecule has 114 valence electrons. The highest BCUT2D eigenvalue weighted by molar-refractivity contribution is 7.09. The average molecular weight is 307 g/mol. The third kappa shape index (κ3) is 2.46. The number of nitrogens with zero attached hydrogens (tertiary/aromatic N) is 2. The van der Waals surface area contributed by atoms with Crippen LogP contribution in [-0.4, -0.2) is 27.4 Å². The number of urea groups is 1. The minimum atomic E-state index is -0.707. The summed E-state index contributed by atoms with van der Waals surface area (Å²) in [7, 11) is 0. The van der Waals surface area contributed by atoms with E-state index in [1.54, 1.807) is 0 Å². The smallest absolute Gasteiger partial charge is 0.323 e. The molecular weight excluding hydrogens is 286 g/mol. The SMILES string of the molecule is CC(C)(C)c1csc(CN2C(=O)NC(C)(C3CC3)C2=O)n1. The van der Waals surface area contributed by atoms with Crippen molar-refractivity contribution in [2.75, 3.05) is 0 Å². The number of amides is 3. The van der Waals surface area contributed by atoms with Gasteiger partial charge in [0, 0.05) is 10.8 Å². The number of carbonyl (C=O) groups is 2.